The monoisotopic (exact) mass is 1410 g/mol. The largest absolute Gasteiger partial charge is 0.452 e. The van der Waals surface area contributed by atoms with Crippen LogP contribution >= 0.6 is 223 Å². The Hall–Kier alpha value is 3.40. The zero-order valence-corrected chi connectivity index (χ0v) is 40.2. The lowest BCUT2D eigenvalue weighted by atomic mass is 10.0. The molecule has 0 atom stereocenters. The molecule has 0 aliphatic rings. The number of hydrogen-bond acceptors (Lipinski definition) is 1. The zero-order chi connectivity index (χ0) is 29.1. The Bertz CT molecular complexity index is 1510. The molecule has 0 bridgehead atoms. The van der Waals surface area contributed by atoms with Gasteiger partial charge >= 0.3 is 0 Å². The van der Waals surface area contributed by atoms with Gasteiger partial charge in [0.25, 0.3) is 0 Å². The molecule has 0 aliphatic carbocycles. The summed E-state index contributed by atoms with van der Waals surface area (Å²) in [5, 5.41) is 0. The highest BCUT2D eigenvalue weighted by Crippen LogP contribution is 2.56. The van der Waals surface area contributed by atoms with Gasteiger partial charge in [0.15, 0.2) is 11.5 Å². The average Bonchev–Trinajstić information content (AvgIpc) is 2.87. The van der Waals surface area contributed by atoms with Crippen LogP contribution in [0.1, 0.15) is 0 Å². The first kappa shape index (κ1) is 35.3. The highest BCUT2D eigenvalue weighted by atomic mass is 79.9. The second-order valence-corrected chi connectivity index (χ2v) is 18.9. The molecule has 0 aliphatic heterocycles. The van der Waals surface area contributed by atoms with E-state index in [1.165, 1.54) is 0 Å². The summed E-state index contributed by atoms with van der Waals surface area (Å²) in [6, 6.07) is 8.14. The van der Waals surface area contributed by atoms with Crippen LogP contribution in [0.25, 0.3) is 22.3 Å². The van der Waals surface area contributed by atoms with E-state index in [-0.39, 0.29) is 0 Å². The molecule has 0 N–H and O–H groups in total. The lowest BCUT2D eigenvalue weighted by Crippen LogP contribution is -1.97. The first-order valence-corrected chi connectivity index (χ1v) is 21.0. The summed E-state index contributed by atoms with van der Waals surface area (Å²) >= 11 is 51.9. The van der Waals surface area contributed by atoms with E-state index >= 15 is 0 Å². The smallest absolute Gasteiger partial charge is 0.157 e. The van der Waals surface area contributed by atoms with Crippen LogP contribution in [-0.2, 0) is 0 Å². The van der Waals surface area contributed by atoms with E-state index in [0.29, 0.717) is 11.5 Å². The fourth-order valence-corrected chi connectivity index (χ4v) is 12.2. The summed E-state index contributed by atoms with van der Waals surface area (Å²) < 4.78 is 18.5. The van der Waals surface area contributed by atoms with E-state index in [1.54, 1.807) is 0 Å². The second kappa shape index (κ2) is 14.4. The van der Waals surface area contributed by atoms with Gasteiger partial charge in [-0.15, -0.1) is 0 Å². The van der Waals surface area contributed by atoms with E-state index in [0.717, 1.165) is 84.9 Å². The van der Waals surface area contributed by atoms with Gasteiger partial charge in [-0.2, -0.15) is 0 Å². The number of benzene rings is 4. The second-order valence-electron chi connectivity index (χ2n) is 7.53. The van der Waals surface area contributed by atoms with Crippen molar-refractivity contribution in [3.63, 3.8) is 0 Å². The summed E-state index contributed by atoms with van der Waals surface area (Å²) in [7, 11) is 0. The minimum absolute atomic E-state index is 0.579. The van der Waals surface area contributed by atoms with Gasteiger partial charge < -0.3 is 4.74 Å². The van der Waals surface area contributed by atoms with Crippen LogP contribution in [0.2, 0.25) is 0 Å². The van der Waals surface area contributed by atoms with Crippen molar-refractivity contribution < 1.29 is 4.74 Å². The fourth-order valence-electron chi connectivity index (χ4n) is 3.41. The number of halogens is 14. The van der Waals surface area contributed by atoms with Crippen molar-refractivity contribution in [2.45, 2.75) is 0 Å². The predicted molar refractivity (Wildman–Crippen MR) is 212 cm³/mol. The molecule has 0 saturated carbocycles. The highest BCUT2D eigenvalue weighted by molar-refractivity contribution is 9.16. The molecular weight excluding hydrogens is 1420 g/mol. The predicted octanol–water partition coefficient (Wildman–Crippen LogP) is 17.5. The number of rotatable bonds is 4. The molecular formula is C24H4Br14O. The third-order valence-corrected chi connectivity index (χ3v) is 19.9. The molecule has 0 heterocycles. The Balaban J connectivity index is 1.98. The molecule has 0 amide bonds. The van der Waals surface area contributed by atoms with E-state index < -0.39 is 0 Å². The number of ether oxygens (including phenoxy) is 1. The molecule has 0 aromatic heterocycles. The van der Waals surface area contributed by atoms with Crippen LogP contribution in [0.5, 0.6) is 11.5 Å². The minimum atomic E-state index is 0.579. The molecule has 0 fully saturated rings. The average molecular weight is 1430 g/mol. The number of hydrogen-bond donors (Lipinski definition) is 0. The third-order valence-electron chi connectivity index (χ3n) is 5.20. The van der Waals surface area contributed by atoms with Gasteiger partial charge in [-0.25, -0.2) is 0 Å². The molecule has 1 nitrogen and oxygen atoms in total. The molecule has 4 rings (SSSR count). The van der Waals surface area contributed by atoms with Gasteiger partial charge in [-0.05, 0) is 258 Å². The van der Waals surface area contributed by atoms with Crippen LogP contribution in [-0.4, -0.2) is 0 Å². The Morgan fingerprint density at radius 2 is 0.590 bits per heavy atom. The van der Waals surface area contributed by atoms with E-state index in [4.69, 9.17) is 4.74 Å². The maximum absolute atomic E-state index is 6.71. The standard InChI is InChI=1S/C24H4Br14O/c25-7-1-5(2-8(26)13(7)29)11-15(31)19(35)21(37)23(17(11)33)39-24-18(34)12(16(32)20(36)22(24)38)6-3-9(27)14(30)10(28)4-6/h1-4H. The first-order valence-electron chi connectivity index (χ1n) is 9.86. The van der Waals surface area contributed by atoms with Crippen molar-refractivity contribution in [1.82, 2.24) is 0 Å². The van der Waals surface area contributed by atoms with Gasteiger partial charge in [0.1, 0.15) is 0 Å². The van der Waals surface area contributed by atoms with E-state index in [2.05, 4.69) is 223 Å². The SMILES string of the molecule is Brc1cc(-c2c(Br)c(Br)c(Br)c(Oc3c(Br)c(Br)c(Br)c(-c4cc(Br)c(Br)c(Br)c4)c3Br)c2Br)cc(Br)c1Br. The van der Waals surface area contributed by atoms with Crippen molar-refractivity contribution in [2.75, 3.05) is 0 Å². The van der Waals surface area contributed by atoms with Crippen LogP contribution < -0.4 is 4.74 Å². The Kier molecular flexibility index (Phi) is 13.1. The molecule has 39 heavy (non-hydrogen) atoms. The third kappa shape index (κ3) is 7.06. The van der Waals surface area contributed by atoms with E-state index in [1.807, 2.05) is 24.3 Å². The zero-order valence-electron chi connectivity index (χ0n) is 18.0. The molecule has 15 heteroatoms. The normalized spacial score (nSPS) is 11.3. The van der Waals surface area contributed by atoms with Crippen LogP contribution in [0, 0.1) is 0 Å². The molecule has 0 saturated heterocycles. The molecule has 4 aromatic rings. The molecule has 0 spiro atoms. The summed E-state index contributed by atoms with van der Waals surface area (Å²) in [6.07, 6.45) is 0. The first-order chi connectivity index (χ1) is 18.2. The van der Waals surface area contributed by atoms with Gasteiger partial charge in [0.2, 0.25) is 0 Å². The Morgan fingerprint density at radius 3 is 0.872 bits per heavy atom. The van der Waals surface area contributed by atoms with Crippen molar-refractivity contribution in [2.24, 2.45) is 0 Å². The quantitative estimate of drug-likeness (QED) is 0.146. The topological polar surface area (TPSA) is 9.23 Å². The Labute approximate surface area is 342 Å². The molecule has 0 radical (unpaired) electrons. The van der Waals surface area contributed by atoms with E-state index in [9.17, 15) is 0 Å². The van der Waals surface area contributed by atoms with Crippen molar-refractivity contribution in [3.05, 3.63) is 86.9 Å². The van der Waals surface area contributed by atoms with Crippen LogP contribution in [0.3, 0.4) is 0 Å². The Morgan fingerprint density at radius 1 is 0.308 bits per heavy atom. The summed E-state index contributed by atoms with van der Waals surface area (Å²) in [6.45, 7) is 0. The van der Waals surface area contributed by atoms with Gasteiger partial charge in [0, 0.05) is 46.9 Å². The maximum Gasteiger partial charge on any atom is 0.157 e. The minimum Gasteiger partial charge on any atom is -0.452 e. The highest BCUT2D eigenvalue weighted by Gasteiger charge is 2.27. The van der Waals surface area contributed by atoms with Crippen LogP contribution in [0.15, 0.2) is 86.9 Å². The van der Waals surface area contributed by atoms with Gasteiger partial charge in [-0.1, -0.05) is 0 Å². The van der Waals surface area contributed by atoms with Gasteiger partial charge in [0.05, 0.1) is 26.8 Å². The van der Waals surface area contributed by atoms with Crippen molar-refractivity contribution in [1.29, 1.82) is 0 Å². The molecule has 204 valence electrons. The lowest BCUT2D eigenvalue weighted by molar-refractivity contribution is 0.470. The maximum atomic E-state index is 6.71. The molecule has 0 unspecified atom stereocenters. The summed E-state index contributed by atoms with van der Waals surface area (Å²) in [5.41, 5.74) is 3.71. The summed E-state index contributed by atoms with van der Waals surface area (Å²) in [5.74, 6) is 1.16. The van der Waals surface area contributed by atoms with Crippen LogP contribution in [0.4, 0.5) is 0 Å². The summed E-state index contributed by atoms with van der Waals surface area (Å²) in [4.78, 5) is 0. The van der Waals surface area contributed by atoms with Crippen molar-refractivity contribution >= 4 is 223 Å². The van der Waals surface area contributed by atoms with Crippen molar-refractivity contribution in [3.8, 4) is 33.8 Å². The lowest BCUT2D eigenvalue weighted by Gasteiger charge is -2.22. The van der Waals surface area contributed by atoms with Gasteiger partial charge in [-0.3, -0.25) is 0 Å². The molecule has 4 aromatic carbocycles. The fraction of sp³-hybridized carbons (Fsp3) is 0.